The third-order valence-corrected chi connectivity index (χ3v) is 3.39. The third kappa shape index (κ3) is 7.35. The van der Waals surface area contributed by atoms with Crippen LogP contribution in [0.15, 0.2) is 0 Å². The van der Waals surface area contributed by atoms with E-state index in [1.165, 1.54) is 6.92 Å². The van der Waals surface area contributed by atoms with Crippen LogP contribution in [0.2, 0.25) is 0 Å². The fourth-order valence-electron chi connectivity index (χ4n) is 2.48. The molecule has 0 bridgehead atoms. The quantitative estimate of drug-likeness (QED) is 0.313. The average Bonchev–Trinajstić information content (AvgIpc) is 2.49. The summed E-state index contributed by atoms with van der Waals surface area (Å²) in [5.41, 5.74) is 5.47. The summed E-state index contributed by atoms with van der Waals surface area (Å²) in [5.74, 6) is -2.76. The zero-order valence-corrected chi connectivity index (χ0v) is 16.1. The molecule has 0 saturated carbocycles. The number of nitrogens with two attached hydrogens (primary N) is 1. The van der Waals surface area contributed by atoms with Crippen molar-refractivity contribution < 1.29 is 42.9 Å². The van der Waals surface area contributed by atoms with E-state index in [1.807, 2.05) is 0 Å². The summed E-state index contributed by atoms with van der Waals surface area (Å²) in [4.78, 5) is 45.8. The van der Waals surface area contributed by atoms with Crippen LogP contribution in [-0.4, -0.2) is 66.2 Å². The Morgan fingerprint density at radius 1 is 0.889 bits per heavy atom. The fraction of sp³-hybridized carbons (Fsp3) is 0.667. The zero-order valence-electron chi connectivity index (χ0n) is 15.3. The molecule has 1 rings (SSSR count). The lowest BCUT2D eigenvalue weighted by Gasteiger charge is -2.44. The number of hydrogen-bond acceptors (Lipinski definition) is 10. The number of rotatable bonds is 6. The molecule has 0 aromatic rings. The van der Waals surface area contributed by atoms with Gasteiger partial charge in [-0.2, -0.15) is 0 Å². The normalized spacial score (nSPS) is 27.0. The van der Waals surface area contributed by atoms with Crippen molar-refractivity contribution in [1.82, 2.24) is 5.32 Å². The van der Waals surface area contributed by atoms with Gasteiger partial charge in [0.1, 0.15) is 12.7 Å². The van der Waals surface area contributed by atoms with Crippen molar-refractivity contribution in [3.05, 3.63) is 0 Å². The molecule has 152 valence electrons. The van der Waals surface area contributed by atoms with Gasteiger partial charge in [0.25, 0.3) is 0 Å². The number of carbonyl (C=O) groups excluding carboxylic acids is 4. The minimum absolute atomic E-state index is 0.184. The highest BCUT2D eigenvalue weighted by molar-refractivity contribution is 7.80. The molecule has 0 spiro atoms. The molecule has 0 unspecified atom stereocenters. The molecule has 27 heavy (non-hydrogen) atoms. The zero-order chi connectivity index (χ0) is 20.7. The lowest BCUT2D eigenvalue weighted by atomic mass is 9.97. The second-order valence-corrected chi connectivity index (χ2v) is 6.07. The summed E-state index contributed by atoms with van der Waals surface area (Å²) in [5, 5.41) is 2.39. The molecule has 5 atom stereocenters. The maximum absolute atomic E-state index is 11.6. The smallest absolute Gasteiger partial charge is 0.303 e. The summed E-state index contributed by atoms with van der Waals surface area (Å²) in [7, 11) is 0. The predicted molar refractivity (Wildman–Crippen MR) is 91.9 cm³/mol. The highest BCUT2D eigenvalue weighted by Gasteiger charge is 2.52. The average molecular weight is 406 g/mol. The van der Waals surface area contributed by atoms with E-state index < -0.39 is 54.5 Å². The number of ether oxygens (including phenoxy) is 5. The van der Waals surface area contributed by atoms with Gasteiger partial charge in [-0.25, -0.2) is 0 Å². The van der Waals surface area contributed by atoms with E-state index in [2.05, 4.69) is 5.32 Å². The van der Waals surface area contributed by atoms with E-state index in [1.54, 1.807) is 0 Å². The van der Waals surface area contributed by atoms with Crippen LogP contribution in [0.3, 0.4) is 0 Å². The summed E-state index contributed by atoms with van der Waals surface area (Å²) < 4.78 is 26.2. The number of thiocarbonyl (C=S) groups is 1. The van der Waals surface area contributed by atoms with Crippen molar-refractivity contribution in [1.29, 1.82) is 0 Å². The molecule has 3 N–H and O–H groups in total. The van der Waals surface area contributed by atoms with Gasteiger partial charge in [0.05, 0.1) is 0 Å². The third-order valence-electron chi connectivity index (χ3n) is 3.28. The molecule has 0 aliphatic carbocycles. The summed E-state index contributed by atoms with van der Waals surface area (Å²) in [6.07, 6.45) is -5.94. The minimum atomic E-state index is -1.27. The first-order valence-corrected chi connectivity index (χ1v) is 8.28. The summed E-state index contributed by atoms with van der Waals surface area (Å²) in [6.45, 7) is 4.25. The van der Waals surface area contributed by atoms with Crippen LogP contribution in [0.4, 0.5) is 0 Å². The second-order valence-electron chi connectivity index (χ2n) is 5.63. The molecule has 12 heteroatoms. The van der Waals surface area contributed by atoms with Crippen molar-refractivity contribution in [2.45, 2.75) is 58.3 Å². The molecule has 1 aliphatic heterocycles. The monoisotopic (exact) mass is 406 g/mol. The van der Waals surface area contributed by atoms with Crippen molar-refractivity contribution in [3.63, 3.8) is 0 Å². The van der Waals surface area contributed by atoms with Gasteiger partial charge in [0.2, 0.25) is 0 Å². The van der Waals surface area contributed by atoms with Gasteiger partial charge in [0.15, 0.2) is 29.7 Å². The molecule has 1 fully saturated rings. The number of nitrogens with one attached hydrogen (secondary N) is 1. The summed E-state index contributed by atoms with van der Waals surface area (Å²) >= 11 is 4.78. The fourth-order valence-corrected chi connectivity index (χ4v) is 2.60. The first kappa shape index (κ1) is 22.6. The van der Waals surface area contributed by atoms with Crippen LogP contribution in [0.25, 0.3) is 0 Å². The van der Waals surface area contributed by atoms with Crippen LogP contribution in [0.1, 0.15) is 27.7 Å². The Labute approximate surface area is 160 Å². The van der Waals surface area contributed by atoms with Gasteiger partial charge >= 0.3 is 23.9 Å². The molecule has 1 saturated heterocycles. The number of carbonyl (C=O) groups is 4. The van der Waals surface area contributed by atoms with Gasteiger partial charge in [0, 0.05) is 27.7 Å². The molecule has 1 aliphatic rings. The van der Waals surface area contributed by atoms with Gasteiger partial charge in [-0.1, -0.05) is 0 Å². The summed E-state index contributed by atoms with van der Waals surface area (Å²) in [6, 6.07) is 0. The molecule has 11 nitrogen and oxygen atoms in total. The van der Waals surface area contributed by atoms with Gasteiger partial charge < -0.3 is 34.7 Å². The maximum Gasteiger partial charge on any atom is 0.303 e. The lowest BCUT2D eigenvalue weighted by Crippen LogP contribution is -2.66. The van der Waals surface area contributed by atoms with E-state index in [0.717, 1.165) is 20.8 Å². The van der Waals surface area contributed by atoms with E-state index in [0.29, 0.717) is 0 Å². The number of esters is 4. The van der Waals surface area contributed by atoms with Gasteiger partial charge in [-0.3, -0.25) is 19.2 Å². The molecular formula is C15H22N2O9S. The lowest BCUT2D eigenvalue weighted by molar-refractivity contribution is -0.254. The molecule has 0 radical (unpaired) electrons. The van der Waals surface area contributed by atoms with E-state index in [9.17, 15) is 19.2 Å². The molecule has 0 aromatic heterocycles. The molecule has 1 heterocycles. The molecule has 0 aromatic carbocycles. The Bertz CT molecular complexity index is 612. The van der Waals surface area contributed by atoms with Crippen molar-refractivity contribution in [2.24, 2.45) is 5.73 Å². The molecule has 0 amide bonds. The Morgan fingerprint density at radius 2 is 1.37 bits per heavy atom. The predicted octanol–water partition coefficient (Wildman–Crippen LogP) is -1.10. The second kappa shape index (κ2) is 10.0. The van der Waals surface area contributed by atoms with E-state index in [4.69, 9.17) is 41.6 Å². The van der Waals surface area contributed by atoms with Gasteiger partial charge in [-0.15, -0.1) is 0 Å². The Morgan fingerprint density at radius 3 is 1.81 bits per heavy atom. The van der Waals surface area contributed by atoms with Gasteiger partial charge in [-0.05, 0) is 12.2 Å². The number of hydrogen-bond donors (Lipinski definition) is 2. The van der Waals surface area contributed by atoms with Crippen molar-refractivity contribution >= 4 is 41.2 Å². The molecular weight excluding hydrogens is 384 g/mol. The van der Waals surface area contributed by atoms with Crippen LogP contribution in [0.5, 0.6) is 0 Å². The highest BCUT2D eigenvalue weighted by Crippen LogP contribution is 2.28. The Kier molecular flexibility index (Phi) is 8.37. The SMILES string of the molecule is CC(=O)OC[C@H]1O[C@H](NC(N)=S)[C@H](OC(C)=O)[C@@H](OC(C)=O)[C@@H]1OC(C)=O. The first-order chi connectivity index (χ1) is 12.5. The van der Waals surface area contributed by atoms with E-state index in [-0.39, 0.29) is 11.7 Å². The van der Waals surface area contributed by atoms with Crippen molar-refractivity contribution in [3.8, 4) is 0 Å². The topological polar surface area (TPSA) is 152 Å². The van der Waals surface area contributed by atoms with Crippen molar-refractivity contribution in [2.75, 3.05) is 6.61 Å². The van der Waals surface area contributed by atoms with Crippen LogP contribution in [-0.2, 0) is 42.9 Å². The maximum atomic E-state index is 11.6. The minimum Gasteiger partial charge on any atom is -0.463 e. The Hall–Kier alpha value is -2.47. The highest BCUT2D eigenvalue weighted by atomic mass is 32.1. The van der Waals surface area contributed by atoms with Crippen LogP contribution < -0.4 is 11.1 Å². The first-order valence-electron chi connectivity index (χ1n) is 7.87. The standard InChI is InChI=1S/C15H22N2O9S/c1-6(18)22-5-10-11(23-7(2)19)12(24-8(3)20)13(25-9(4)21)14(26-10)17-15(16)27/h10-14H,5H2,1-4H3,(H3,16,17,27)/t10-,11-,12+,13-,14+/m1/s1. The Balaban J connectivity index is 3.29. The van der Waals surface area contributed by atoms with E-state index >= 15 is 0 Å². The van der Waals surface area contributed by atoms with Crippen LogP contribution in [0, 0.1) is 0 Å². The van der Waals surface area contributed by atoms with Crippen LogP contribution >= 0.6 is 12.2 Å². The largest absolute Gasteiger partial charge is 0.463 e.